The van der Waals surface area contributed by atoms with Gasteiger partial charge in [0.25, 0.3) is 0 Å². The molecule has 1 aliphatic rings. The molecule has 3 rings (SSSR count). The van der Waals surface area contributed by atoms with Gasteiger partial charge in [0, 0.05) is 29.0 Å². The molecule has 0 amide bonds. The molecule has 3 nitrogen and oxygen atoms in total. The smallest absolute Gasteiger partial charge is 0.130 e. The van der Waals surface area contributed by atoms with Crippen LogP contribution >= 0.6 is 0 Å². The minimum atomic E-state index is -0.302. The summed E-state index contributed by atoms with van der Waals surface area (Å²) in [6.07, 6.45) is 4.16. The number of benzene rings is 2. The Morgan fingerprint density at radius 1 is 1.11 bits per heavy atom. The minimum absolute atomic E-state index is 0.203. The lowest BCUT2D eigenvalue weighted by molar-refractivity contribution is 0.137. The summed E-state index contributed by atoms with van der Waals surface area (Å²) in [5.74, 6) is 0.444. The third-order valence-electron chi connectivity index (χ3n) is 3.47. The largest absolute Gasteiger partial charge is 0.507 e. The molecule has 0 radical (unpaired) electrons. The van der Waals surface area contributed by atoms with E-state index < -0.39 is 0 Å². The van der Waals surface area contributed by atoms with Gasteiger partial charge in [-0.05, 0) is 6.42 Å². The van der Waals surface area contributed by atoms with Crippen LogP contribution in [0.3, 0.4) is 0 Å². The number of fused-ring (bicyclic) bond motifs is 2. The Kier molecular flexibility index (Phi) is 2.49. The van der Waals surface area contributed by atoms with Crippen molar-refractivity contribution in [3.05, 3.63) is 47.5 Å². The first-order chi connectivity index (χ1) is 8.74. The summed E-state index contributed by atoms with van der Waals surface area (Å²) in [4.78, 5) is 0. The zero-order valence-electron chi connectivity index (χ0n) is 10.1. The molecule has 0 bridgehead atoms. The number of hydrogen-bond acceptors (Lipinski definition) is 3. The van der Waals surface area contributed by atoms with E-state index >= 15 is 0 Å². The van der Waals surface area contributed by atoms with Crippen molar-refractivity contribution in [1.82, 2.24) is 0 Å². The molecule has 0 aliphatic heterocycles. The molecule has 1 aliphatic carbocycles. The van der Waals surface area contributed by atoms with Crippen LogP contribution in [-0.2, 0) is 11.2 Å². The van der Waals surface area contributed by atoms with Crippen LogP contribution in [0, 0.1) is 0 Å². The lowest BCUT2D eigenvalue weighted by Gasteiger charge is -2.23. The highest BCUT2D eigenvalue weighted by Crippen LogP contribution is 2.45. The van der Waals surface area contributed by atoms with E-state index in [9.17, 15) is 10.2 Å². The first-order valence-corrected chi connectivity index (χ1v) is 5.89. The van der Waals surface area contributed by atoms with Crippen LogP contribution in [0.15, 0.2) is 36.4 Å². The normalized spacial score (nSPS) is 17.9. The van der Waals surface area contributed by atoms with E-state index in [0.717, 1.165) is 5.56 Å². The lowest BCUT2D eigenvalue weighted by Crippen LogP contribution is -2.07. The Hall–Kier alpha value is -2.00. The standard InChI is InChI=1S/C15H14O3/c1-18-12-8-4-7-11-13(12)15(17)10-6-3-2-5-9(10)14(11)16/h2-6,8,12,16-17H,7H2,1H3. The quantitative estimate of drug-likeness (QED) is 0.597. The van der Waals surface area contributed by atoms with Crippen LogP contribution in [0.5, 0.6) is 11.5 Å². The van der Waals surface area contributed by atoms with Gasteiger partial charge in [-0.3, -0.25) is 0 Å². The fourth-order valence-electron chi connectivity index (χ4n) is 2.59. The Balaban J connectivity index is 2.41. The molecule has 1 atom stereocenters. The fourth-order valence-corrected chi connectivity index (χ4v) is 2.59. The second-order valence-corrected chi connectivity index (χ2v) is 4.42. The molecule has 0 saturated carbocycles. The molecule has 0 heterocycles. The number of phenols is 2. The van der Waals surface area contributed by atoms with Gasteiger partial charge >= 0.3 is 0 Å². The van der Waals surface area contributed by atoms with Crippen molar-refractivity contribution in [3.63, 3.8) is 0 Å². The van der Waals surface area contributed by atoms with Crippen molar-refractivity contribution in [2.45, 2.75) is 12.5 Å². The van der Waals surface area contributed by atoms with Crippen molar-refractivity contribution >= 4 is 10.8 Å². The molecule has 0 fully saturated rings. The highest BCUT2D eigenvalue weighted by Gasteiger charge is 2.25. The predicted molar refractivity (Wildman–Crippen MR) is 69.9 cm³/mol. The zero-order chi connectivity index (χ0) is 12.7. The van der Waals surface area contributed by atoms with E-state index in [0.29, 0.717) is 22.8 Å². The molecule has 0 saturated heterocycles. The van der Waals surface area contributed by atoms with Crippen LogP contribution in [-0.4, -0.2) is 17.3 Å². The first kappa shape index (κ1) is 11.1. The van der Waals surface area contributed by atoms with Crippen molar-refractivity contribution in [3.8, 4) is 11.5 Å². The van der Waals surface area contributed by atoms with Crippen LogP contribution in [0.2, 0.25) is 0 Å². The maximum absolute atomic E-state index is 10.4. The second kappa shape index (κ2) is 4.03. The van der Waals surface area contributed by atoms with Crippen LogP contribution < -0.4 is 0 Å². The number of aromatic hydroxyl groups is 2. The van der Waals surface area contributed by atoms with Gasteiger partial charge in [-0.15, -0.1) is 0 Å². The van der Waals surface area contributed by atoms with Crippen LogP contribution in [0.1, 0.15) is 17.2 Å². The molecule has 2 aromatic carbocycles. The maximum atomic E-state index is 10.4. The molecule has 1 unspecified atom stereocenters. The van der Waals surface area contributed by atoms with E-state index in [1.165, 1.54) is 0 Å². The highest BCUT2D eigenvalue weighted by molar-refractivity contribution is 5.96. The van der Waals surface area contributed by atoms with Gasteiger partial charge in [0.1, 0.15) is 17.6 Å². The van der Waals surface area contributed by atoms with Gasteiger partial charge in [-0.1, -0.05) is 36.4 Å². The number of hydrogen-bond donors (Lipinski definition) is 2. The topological polar surface area (TPSA) is 49.7 Å². The van der Waals surface area contributed by atoms with Crippen molar-refractivity contribution in [2.75, 3.05) is 7.11 Å². The highest BCUT2D eigenvalue weighted by atomic mass is 16.5. The zero-order valence-corrected chi connectivity index (χ0v) is 10.1. The first-order valence-electron chi connectivity index (χ1n) is 5.89. The molecule has 0 aromatic heterocycles. The number of ether oxygens (including phenoxy) is 1. The van der Waals surface area contributed by atoms with E-state index in [-0.39, 0.29) is 17.6 Å². The molecule has 18 heavy (non-hydrogen) atoms. The summed E-state index contributed by atoms with van der Waals surface area (Å²) in [6.45, 7) is 0. The van der Waals surface area contributed by atoms with E-state index in [4.69, 9.17) is 4.74 Å². The predicted octanol–water partition coefficient (Wildman–Crippen LogP) is 3.05. The Morgan fingerprint density at radius 2 is 1.78 bits per heavy atom. The van der Waals surface area contributed by atoms with Crippen molar-refractivity contribution < 1.29 is 14.9 Å². The third-order valence-corrected chi connectivity index (χ3v) is 3.47. The molecular weight excluding hydrogens is 228 g/mol. The van der Waals surface area contributed by atoms with Gasteiger partial charge in [-0.25, -0.2) is 0 Å². The summed E-state index contributed by atoms with van der Waals surface area (Å²) in [7, 11) is 1.59. The van der Waals surface area contributed by atoms with Gasteiger partial charge in [0.05, 0.1) is 0 Å². The summed E-state index contributed by atoms with van der Waals surface area (Å²) < 4.78 is 5.34. The van der Waals surface area contributed by atoms with Crippen molar-refractivity contribution in [2.24, 2.45) is 0 Å². The Morgan fingerprint density at radius 3 is 2.44 bits per heavy atom. The van der Waals surface area contributed by atoms with Crippen molar-refractivity contribution in [1.29, 1.82) is 0 Å². The summed E-state index contributed by atoms with van der Waals surface area (Å²) in [6, 6.07) is 7.30. The molecule has 0 spiro atoms. The fraction of sp³-hybridized carbons (Fsp3) is 0.200. The van der Waals surface area contributed by atoms with Crippen LogP contribution in [0.4, 0.5) is 0 Å². The van der Waals surface area contributed by atoms with E-state index in [1.807, 2.05) is 30.4 Å². The summed E-state index contributed by atoms with van der Waals surface area (Å²) in [5.41, 5.74) is 1.43. The van der Waals surface area contributed by atoms with Crippen LogP contribution in [0.25, 0.3) is 10.8 Å². The number of methoxy groups -OCH3 is 1. The third kappa shape index (κ3) is 1.41. The number of allylic oxidation sites excluding steroid dienone is 1. The average molecular weight is 242 g/mol. The molecular formula is C15H14O3. The Bertz CT molecular complexity index is 644. The summed E-state index contributed by atoms with van der Waals surface area (Å²) in [5, 5.41) is 22.1. The molecule has 2 N–H and O–H groups in total. The SMILES string of the molecule is COC1C=CCc2c1c(O)c1ccccc1c2O. The molecule has 3 heteroatoms. The monoisotopic (exact) mass is 242 g/mol. The van der Waals surface area contributed by atoms with Gasteiger partial charge < -0.3 is 14.9 Å². The summed E-state index contributed by atoms with van der Waals surface area (Å²) >= 11 is 0. The van der Waals surface area contributed by atoms with E-state index in [1.54, 1.807) is 13.2 Å². The minimum Gasteiger partial charge on any atom is -0.507 e. The average Bonchev–Trinajstić information content (AvgIpc) is 2.44. The van der Waals surface area contributed by atoms with Gasteiger partial charge in [0.15, 0.2) is 0 Å². The number of rotatable bonds is 1. The second-order valence-electron chi connectivity index (χ2n) is 4.42. The maximum Gasteiger partial charge on any atom is 0.130 e. The molecule has 92 valence electrons. The van der Waals surface area contributed by atoms with Gasteiger partial charge in [0.2, 0.25) is 0 Å². The molecule has 2 aromatic rings. The van der Waals surface area contributed by atoms with Gasteiger partial charge in [-0.2, -0.15) is 0 Å². The number of phenolic OH excluding ortho intramolecular Hbond substituents is 2. The lowest BCUT2D eigenvalue weighted by atomic mass is 9.89. The van der Waals surface area contributed by atoms with E-state index in [2.05, 4.69) is 0 Å². The Labute approximate surface area is 105 Å².